The lowest BCUT2D eigenvalue weighted by atomic mass is 9.98. The van der Waals surface area contributed by atoms with E-state index >= 15 is 0 Å². The molecule has 0 saturated heterocycles. The van der Waals surface area contributed by atoms with E-state index in [-0.39, 0.29) is 18.5 Å². The van der Waals surface area contributed by atoms with Gasteiger partial charge in [0, 0.05) is 22.0 Å². The fraction of sp³-hybridized carbons (Fsp3) is 0.333. The number of amides is 1. The van der Waals surface area contributed by atoms with Crippen LogP contribution in [-0.2, 0) is 17.8 Å². The Hall–Kier alpha value is -2.25. The van der Waals surface area contributed by atoms with E-state index in [9.17, 15) is 4.79 Å². The van der Waals surface area contributed by atoms with Crippen molar-refractivity contribution in [3.05, 3.63) is 51.2 Å². The minimum atomic E-state index is 0.0220. The molecule has 1 atom stereocenters. The number of nitrogens with zero attached hydrogens (tertiary/aromatic N) is 5. The van der Waals surface area contributed by atoms with E-state index in [4.69, 9.17) is 11.6 Å². The van der Waals surface area contributed by atoms with Gasteiger partial charge in [0.1, 0.15) is 6.54 Å². The van der Waals surface area contributed by atoms with Crippen molar-refractivity contribution in [1.29, 1.82) is 0 Å². The van der Waals surface area contributed by atoms with Gasteiger partial charge in [0.2, 0.25) is 11.7 Å². The highest BCUT2D eigenvalue weighted by atomic mass is 35.5. The van der Waals surface area contributed by atoms with E-state index in [1.165, 1.54) is 15.2 Å². The SMILES string of the molecule is CCC1c2ccsc2CCN1C(=O)Cn1nnc(-c2ccc(Cl)cc2)n1. The van der Waals surface area contributed by atoms with Crippen molar-refractivity contribution in [3.8, 4) is 11.4 Å². The average Bonchev–Trinajstić information content (AvgIpc) is 3.30. The second kappa shape index (κ2) is 7.17. The van der Waals surface area contributed by atoms with E-state index in [2.05, 4.69) is 33.8 Å². The van der Waals surface area contributed by atoms with Crippen molar-refractivity contribution in [2.24, 2.45) is 0 Å². The Kier molecular flexibility index (Phi) is 4.74. The molecule has 4 rings (SSSR count). The lowest BCUT2D eigenvalue weighted by molar-refractivity contribution is -0.135. The highest BCUT2D eigenvalue weighted by molar-refractivity contribution is 7.10. The van der Waals surface area contributed by atoms with Crippen LogP contribution in [0.25, 0.3) is 11.4 Å². The van der Waals surface area contributed by atoms with Gasteiger partial charge in [-0.1, -0.05) is 18.5 Å². The maximum absolute atomic E-state index is 12.8. The first-order valence-corrected chi connectivity index (χ1v) is 9.81. The summed E-state index contributed by atoms with van der Waals surface area (Å²) in [6, 6.07) is 9.50. The molecule has 0 N–H and O–H groups in total. The third-order valence-electron chi connectivity index (χ3n) is 4.63. The smallest absolute Gasteiger partial charge is 0.246 e. The quantitative estimate of drug-likeness (QED) is 0.686. The molecule has 134 valence electrons. The Balaban J connectivity index is 1.49. The number of benzene rings is 1. The molecule has 0 radical (unpaired) electrons. The van der Waals surface area contributed by atoms with E-state index in [0.29, 0.717) is 10.8 Å². The van der Waals surface area contributed by atoms with Crippen LogP contribution in [0.2, 0.25) is 5.02 Å². The van der Waals surface area contributed by atoms with Crippen LogP contribution < -0.4 is 0 Å². The molecule has 8 heteroatoms. The van der Waals surface area contributed by atoms with Gasteiger partial charge in [0.25, 0.3) is 0 Å². The van der Waals surface area contributed by atoms with E-state index in [1.807, 2.05) is 17.0 Å². The number of hydrogen-bond donors (Lipinski definition) is 0. The molecule has 6 nitrogen and oxygen atoms in total. The molecule has 0 bridgehead atoms. The highest BCUT2D eigenvalue weighted by Gasteiger charge is 2.30. The normalized spacial score (nSPS) is 16.5. The highest BCUT2D eigenvalue weighted by Crippen LogP contribution is 2.35. The predicted molar refractivity (Wildman–Crippen MR) is 101 cm³/mol. The zero-order valence-electron chi connectivity index (χ0n) is 14.3. The molecule has 26 heavy (non-hydrogen) atoms. The van der Waals surface area contributed by atoms with Gasteiger partial charge < -0.3 is 4.90 Å². The summed E-state index contributed by atoms with van der Waals surface area (Å²) in [5, 5.41) is 15.2. The van der Waals surface area contributed by atoms with Gasteiger partial charge >= 0.3 is 0 Å². The molecule has 0 spiro atoms. The summed E-state index contributed by atoms with van der Waals surface area (Å²) < 4.78 is 0. The standard InChI is InChI=1S/C18H18ClN5OS/c1-2-15-14-8-10-26-16(14)7-9-23(15)17(25)11-24-21-18(20-22-24)12-3-5-13(19)6-4-12/h3-6,8,10,15H,2,7,9,11H2,1H3. The Bertz CT molecular complexity index is 920. The van der Waals surface area contributed by atoms with E-state index in [0.717, 1.165) is 24.9 Å². The zero-order valence-corrected chi connectivity index (χ0v) is 15.9. The van der Waals surface area contributed by atoms with Gasteiger partial charge in [-0.3, -0.25) is 4.79 Å². The van der Waals surface area contributed by atoms with Gasteiger partial charge in [0.15, 0.2) is 0 Å². The maximum Gasteiger partial charge on any atom is 0.246 e. The van der Waals surface area contributed by atoms with Crippen LogP contribution in [0.4, 0.5) is 0 Å². The summed E-state index contributed by atoms with van der Waals surface area (Å²) in [6.07, 6.45) is 1.81. The number of rotatable bonds is 4. The molecule has 1 amide bonds. The van der Waals surface area contributed by atoms with Crippen LogP contribution in [0.3, 0.4) is 0 Å². The Morgan fingerprint density at radius 2 is 2.12 bits per heavy atom. The molecule has 3 heterocycles. The summed E-state index contributed by atoms with van der Waals surface area (Å²) in [7, 11) is 0. The number of thiophene rings is 1. The molecule has 1 aromatic carbocycles. The van der Waals surface area contributed by atoms with Gasteiger partial charge in [0.05, 0.1) is 6.04 Å². The fourth-order valence-electron chi connectivity index (χ4n) is 3.37. The monoisotopic (exact) mass is 387 g/mol. The molecule has 0 fully saturated rings. The third kappa shape index (κ3) is 3.24. The van der Waals surface area contributed by atoms with Crippen LogP contribution in [0, 0.1) is 0 Å². The Morgan fingerprint density at radius 1 is 1.31 bits per heavy atom. The Morgan fingerprint density at radius 3 is 2.88 bits per heavy atom. The average molecular weight is 388 g/mol. The van der Waals surface area contributed by atoms with Crippen molar-refractivity contribution in [2.75, 3.05) is 6.54 Å². The van der Waals surface area contributed by atoms with Crippen LogP contribution in [0.15, 0.2) is 35.7 Å². The molecule has 0 aliphatic carbocycles. The van der Waals surface area contributed by atoms with Crippen LogP contribution in [0.1, 0.15) is 29.8 Å². The first-order chi connectivity index (χ1) is 12.7. The van der Waals surface area contributed by atoms with Crippen LogP contribution in [-0.4, -0.2) is 37.6 Å². The van der Waals surface area contributed by atoms with Gasteiger partial charge in [-0.15, -0.1) is 21.5 Å². The van der Waals surface area contributed by atoms with E-state index < -0.39 is 0 Å². The lowest BCUT2D eigenvalue weighted by Gasteiger charge is -2.35. The molecule has 0 saturated carbocycles. The molecule has 2 aromatic heterocycles. The van der Waals surface area contributed by atoms with Crippen molar-refractivity contribution in [1.82, 2.24) is 25.1 Å². The molecule has 1 unspecified atom stereocenters. The summed E-state index contributed by atoms with van der Waals surface area (Å²) in [5.74, 6) is 0.508. The molecule has 1 aliphatic heterocycles. The number of carbonyl (C=O) groups is 1. The van der Waals surface area contributed by atoms with Crippen LogP contribution >= 0.6 is 22.9 Å². The molecule has 1 aliphatic rings. The summed E-state index contributed by atoms with van der Waals surface area (Å²) >= 11 is 7.68. The summed E-state index contributed by atoms with van der Waals surface area (Å²) in [4.78, 5) is 17.5. The van der Waals surface area contributed by atoms with Crippen molar-refractivity contribution in [2.45, 2.75) is 32.4 Å². The van der Waals surface area contributed by atoms with E-state index in [1.54, 1.807) is 23.5 Å². The van der Waals surface area contributed by atoms with Gasteiger partial charge in [-0.05, 0) is 59.3 Å². The van der Waals surface area contributed by atoms with Crippen molar-refractivity contribution < 1.29 is 4.79 Å². The minimum Gasteiger partial charge on any atom is -0.334 e. The number of fused-ring (bicyclic) bond motifs is 1. The first kappa shape index (κ1) is 17.2. The zero-order chi connectivity index (χ0) is 18.1. The number of aromatic nitrogens is 4. The third-order valence-corrected chi connectivity index (χ3v) is 5.88. The largest absolute Gasteiger partial charge is 0.334 e. The van der Waals surface area contributed by atoms with Gasteiger partial charge in [-0.2, -0.15) is 4.80 Å². The topological polar surface area (TPSA) is 63.9 Å². The number of tetrazole rings is 1. The minimum absolute atomic E-state index is 0.0220. The number of hydrogen-bond acceptors (Lipinski definition) is 5. The first-order valence-electron chi connectivity index (χ1n) is 8.55. The fourth-order valence-corrected chi connectivity index (χ4v) is 4.43. The maximum atomic E-state index is 12.8. The lowest BCUT2D eigenvalue weighted by Crippen LogP contribution is -2.41. The Labute approximate surface area is 160 Å². The van der Waals surface area contributed by atoms with Crippen molar-refractivity contribution in [3.63, 3.8) is 0 Å². The van der Waals surface area contributed by atoms with Crippen molar-refractivity contribution >= 4 is 28.8 Å². The second-order valence-corrected chi connectivity index (χ2v) is 7.65. The predicted octanol–water partition coefficient (Wildman–Crippen LogP) is 3.59. The number of halogens is 1. The van der Waals surface area contributed by atoms with Crippen LogP contribution in [0.5, 0.6) is 0 Å². The summed E-state index contributed by atoms with van der Waals surface area (Å²) in [5.41, 5.74) is 2.10. The molecular formula is C18H18ClN5OS. The summed E-state index contributed by atoms with van der Waals surface area (Å²) in [6.45, 7) is 2.95. The second-order valence-electron chi connectivity index (χ2n) is 6.21. The van der Waals surface area contributed by atoms with Gasteiger partial charge in [-0.25, -0.2) is 0 Å². The number of carbonyl (C=O) groups excluding carboxylic acids is 1. The molecule has 3 aromatic rings. The molecular weight excluding hydrogens is 370 g/mol.